The lowest BCUT2D eigenvalue weighted by Crippen LogP contribution is -2.11. The SMILES string of the molecule is CC(C)OC(=O)CCCCCOc1ccc2nc(-c3ccccc3)n(-c3ccc(C#N)cc3)c2c1. The van der Waals surface area contributed by atoms with Gasteiger partial charge >= 0.3 is 5.97 Å². The molecule has 0 fully saturated rings. The first-order valence-electron chi connectivity index (χ1n) is 12.0. The zero-order valence-corrected chi connectivity index (χ0v) is 20.1. The first-order valence-corrected chi connectivity index (χ1v) is 12.0. The van der Waals surface area contributed by atoms with Gasteiger partial charge in [0.15, 0.2) is 0 Å². The Morgan fingerprint density at radius 1 is 1.00 bits per heavy atom. The maximum atomic E-state index is 11.6. The van der Waals surface area contributed by atoms with E-state index in [-0.39, 0.29) is 12.1 Å². The minimum atomic E-state index is -0.142. The van der Waals surface area contributed by atoms with Crippen LogP contribution in [0, 0.1) is 11.3 Å². The zero-order valence-electron chi connectivity index (χ0n) is 20.1. The lowest BCUT2D eigenvalue weighted by atomic mass is 10.2. The summed E-state index contributed by atoms with van der Waals surface area (Å²) in [6.07, 6.45) is 2.92. The molecule has 0 saturated carbocycles. The van der Waals surface area contributed by atoms with Crippen LogP contribution in [0.1, 0.15) is 45.1 Å². The van der Waals surface area contributed by atoms with E-state index >= 15 is 0 Å². The van der Waals surface area contributed by atoms with Crippen molar-refractivity contribution in [3.63, 3.8) is 0 Å². The molecule has 0 saturated heterocycles. The molecule has 4 aromatic rings. The Morgan fingerprint density at radius 2 is 1.77 bits per heavy atom. The van der Waals surface area contributed by atoms with E-state index in [9.17, 15) is 10.1 Å². The van der Waals surface area contributed by atoms with Crippen molar-refractivity contribution in [3.8, 4) is 28.9 Å². The lowest BCUT2D eigenvalue weighted by molar-refractivity contribution is -0.147. The highest BCUT2D eigenvalue weighted by Crippen LogP contribution is 2.31. The molecule has 4 rings (SSSR count). The van der Waals surface area contributed by atoms with E-state index in [1.54, 1.807) is 0 Å². The standard InChI is InChI=1S/C29H29N3O3/c1-21(2)35-28(33)11-7-4-8-18-34-25-16-17-26-27(19-25)32(24-14-12-22(20-30)13-15-24)29(31-26)23-9-5-3-6-10-23/h3,5-6,9-10,12-17,19,21H,4,7-8,11,18H2,1-2H3. The van der Waals surface area contributed by atoms with Crippen LogP contribution in [0.2, 0.25) is 0 Å². The van der Waals surface area contributed by atoms with Crippen LogP contribution in [0.5, 0.6) is 5.75 Å². The average molecular weight is 468 g/mol. The van der Waals surface area contributed by atoms with Gasteiger partial charge in [-0.1, -0.05) is 30.3 Å². The average Bonchev–Trinajstić information content (AvgIpc) is 3.25. The van der Waals surface area contributed by atoms with Crippen LogP contribution in [-0.2, 0) is 9.53 Å². The Bertz CT molecular complexity index is 1320. The summed E-state index contributed by atoms with van der Waals surface area (Å²) < 4.78 is 13.3. The number of benzene rings is 3. The number of esters is 1. The summed E-state index contributed by atoms with van der Waals surface area (Å²) in [5.41, 5.74) is 4.34. The van der Waals surface area contributed by atoms with Crippen LogP contribution < -0.4 is 4.74 Å². The van der Waals surface area contributed by atoms with E-state index in [4.69, 9.17) is 14.5 Å². The fourth-order valence-corrected chi connectivity index (χ4v) is 3.93. The summed E-state index contributed by atoms with van der Waals surface area (Å²) in [6, 6.07) is 25.6. The van der Waals surface area contributed by atoms with Gasteiger partial charge in [-0.05, 0) is 69.5 Å². The molecule has 1 aromatic heterocycles. The Labute approximate surface area is 205 Å². The third-order valence-corrected chi connectivity index (χ3v) is 5.57. The molecular weight excluding hydrogens is 438 g/mol. The highest BCUT2D eigenvalue weighted by atomic mass is 16.5. The van der Waals surface area contributed by atoms with Gasteiger partial charge in [-0.25, -0.2) is 4.98 Å². The van der Waals surface area contributed by atoms with Crippen molar-refractivity contribution in [1.29, 1.82) is 5.26 Å². The Hall–Kier alpha value is -4.11. The van der Waals surface area contributed by atoms with Gasteiger partial charge in [0.05, 0.1) is 35.4 Å². The molecule has 3 aromatic carbocycles. The molecule has 35 heavy (non-hydrogen) atoms. The van der Waals surface area contributed by atoms with Crippen LogP contribution in [0.4, 0.5) is 0 Å². The molecule has 0 radical (unpaired) electrons. The number of hydrogen-bond donors (Lipinski definition) is 0. The quantitative estimate of drug-likeness (QED) is 0.198. The van der Waals surface area contributed by atoms with Gasteiger partial charge in [0.1, 0.15) is 11.6 Å². The smallest absolute Gasteiger partial charge is 0.306 e. The number of imidazole rings is 1. The van der Waals surface area contributed by atoms with Gasteiger partial charge in [0.2, 0.25) is 0 Å². The second-order valence-electron chi connectivity index (χ2n) is 8.64. The summed E-state index contributed by atoms with van der Waals surface area (Å²) in [5, 5.41) is 9.19. The Kier molecular flexibility index (Phi) is 7.79. The highest BCUT2D eigenvalue weighted by molar-refractivity contribution is 5.84. The van der Waals surface area contributed by atoms with Gasteiger partial charge < -0.3 is 9.47 Å². The number of carbonyl (C=O) groups is 1. The van der Waals surface area contributed by atoms with Crippen molar-refractivity contribution in [2.75, 3.05) is 6.61 Å². The molecule has 0 bridgehead atoms. The van der Waals surface area contributed by atoms with Gasteiger partial charge in [-0.15, -0.1) is 0 Å². The third kappa shape index (κ3) is 6.07. The van der Waals surface area contributed by atoms with E-state index in [1.165, 1.54) is 0 Å². The number of ether oxygens (including phenoxy) is 2. The first kappa shape index (κ1) is 24.0. The molecule has 6 heteroatoms. The number of nitrogens with zero attached hydrogens (tertiary/aromatic N) is 3. The summed E-state index contributed by atoms with van der Waals surface area (Å²) in [5.74, 6) is 1.46. The number of carbonyl (C=O) groups excluding carboxylic acids is 1. The number of rotatable bonds is 10. The van der Waals surface area contributed by atoms with Crippen molar-refractivity contribution < 1.29 is 14.3 Å². The number of hydrogen-bond acceptors (Lipinski definition) is 5. The third-order valence-electron chi connectivity index (χ3n) is 5.57. The Morgan fingerprint density at radius 3 is 2.49 bits per heavy atom. The number of aromatic nitrogens is 2. The second-order valence-corrected chi connectivity index (χ2v) is 8.64. The van der Waals surface area contributed by atoms with Crippen molar-refractivity contribution in [3.05, 3.63) is 78.4 Å². The van der Waals surface area contributed by atoms with Crippen LogP contribution >= 0.6 is 0 Å². The Balaban J connectivity index is 1.51. The molecule has 6 nitrogen and oxygen atoms in total. The maximum Gasteiger partial charge on any atom is 0.306 e. The minimum Gasteiger partial charge on any atom is -0.494 e. The molecule has 0 aliphatic heterocycles. The van der Waals surface area contributed by atoms with E-state index in [2.05, 4.69) is 10.6 Å². The molecule has 0 spiro atoms. The largest absolute Gasteiger partial charge is 0.494 e. The molecule has 0 aliphatic rings. The van der Waals surface area contributed by atoms with Crippen molar-refractivity contribution >= 4 is 17.0 Å². The van der Waals surface area contributed by atoms with Crippen LogP contribution in [-0.4, -0.2) is 28.2 Å². The number of nitriles is 1. The molecule has 0 aliphatic carbocycles. The summed E-state index contributed by atoms with van der Waals surface area (Å²) >= 11 is 0. The van der Waals surface area contributed by atoms with E-state index < -0.39 is 0 Å². The molecule has 178 valence electrons. The molecule has 0 unspecified atom stereocenters. The predicted octanol–water partition coefficient (Wildman–Crippen LogP) is 6.45. The van der Waals surface area contributed by atoms with Crippen molar-refractivity contribution in [2.45, 2.75) is 45.6 Å². The number of unbranched alkanes of at least 4 members (excludes halogenated alkanes) is 2. The van der Waals surface area contributed by atoms with Gasteiger partial charge in [0, 0.05) is 23.7 Å². The molecular formula is C29H29N3O3. The molecule has 0 amide bonds. The second kappa shape index (κ2) is 11.3. The fraction of sp³-hybridized carbons (Fsp3) is 0.276. The van der Waals surface area contributed by atoms with E-state index in [1.807, 2.05) is 86.6 Å². The fourth-order valence-electron chi connectivity index (χ4n) is 3.93. The minimum absolute atomic E-state index is 0.0686. The van der Waals surface area contributed by atoms with E-state index in [0.29, 0.717) is 18.6 Å². The van der Waals surface area contributed by atoms with Crippen molar-refractivity contribution in [1.82, 2.24) is 9.55 Å². The molecule has 0 atom stereocenters. The normalized spacial score (nSPS) is 10.9. The van der Waals surface area contributed by atoms with Gasteiger partial charge in [-0.2, -0.15) is 5.26 Å². The zero-order chi connectivity index (χ0) is 24.6. The monoisotopic (exact) mass is 467 g/mol. The highest BCUT2D eigenvalue weighted by Gasteiger charge is 2.15. The van der Waals surface area contributed by atoms with Crippen molar-refractivity contribution in [2.24, 2.45) is 0 Å². The molecule has 0 N–H and O–H groups in total. The van der Waals surface area contributed by atoms with Crippen LogP contribution in [0.15, 0.2) is 72.8 Å². The first-order chi connectivity index (χ1) is 17.0. The molecule has 1 heterocycles. The topological polar surface area (TPSA) is 77.1 Å². The van der Waals surface area contributed by atoms with E-state index in [0.717, 1.165) is 53.1 Å². The lowest BCUT2D eigenvalue weighted by Gasteiger charge is -2.11. The van der Waals surface area contributed by atoms with Crippen LogP contribution in [0.3, 0.4) is 0 Å². The van der Waals surface area contributed by atoms with Gasteiger partial charge in [0.25, 0.3) is 0 Å². The van der Waals surface area contributed by atoms with Crippen LogP contribution in [0.25, 0.3) is 28.1 Å². The predicted molar refractivity (Wildman–Crippen MR) is 136 cm³/mol. The van der Waals surface area contributed by atoms with Gasteiger partial charge in [-0.3, -0.25) is 9.36 Å². The maximum absolute atomic E-state index is 11.6. The summed E-state index contributed by atoms with van der Waals surface area (Å²) in [7, 11) is 0. The summed E-state index contributed by atoms with van der Waals surface area (Å²) in [6.45, 7) is 4.29. The summed E-state index contributed by atoms with van der Waals surface area (Å²) in [4.78, 5) is 16.5. The number of fused-ring (bicyclic) bond motifs is 1.